The van der Waals surface area contributed by atoms with Crippen LogP contribution in [0.1, 0.15) is 39.9 Å². The second-order valence-electron chi connectivity index (χ2n) is 7.22. The summed E-state index contributed by atoms with van der Waals surface area (Å²) in [6.45, 7) is 4.81. The molecule has 25 heavy (non-hydrogen) atoms. The van der Waals surface area contributed by atoms with Crippen LogP contribution in [0.5, 0.6) is 0 Å². The van der Waals surface area contributed by atoms with E-state index in [1.54, 1.807) is 19.3 Å². The van der Waals surface area contributed by atoms with E-state index in [2.05, 4.69) is 15.3 Å². The third kappa shape index (κ3) is 2.89. The van der Waals surface area contributed by atoms with Crippen LogP contribution in [0.15, 0.2) is 23.1 Å². The summed E-state index contributed by atoms with van der Waals surface area (Å²) >= 11 is 0. The molecule has 2 N–H and O–H groups in total. The summed E-state index contributed by atoms with van der Waals surface area (Å²) in [4.78, 5) is 34.6. The molecule has 2 aromatic rings. The highest BCUT2D eigenvalue weighted by atomic mass is 16.2. The zero-order valence-corrected chi connectivity index (χ0v) is 14.6. The zero-order chi connectivity index (χ0) is 17.6. The van der Waals surface area contributed by atoms with Crippen LogP contribution in [0.2, 0.25) is 0 Å². The summed E-state index contributed by atoms with van der Waals surface area (Å²) in [5.41, 5.74) is 2.07. The SMILES string of the molecule is Cc1cnc(CN(C)C(=O)c2ccc3n(c2=O)C[C@@H]2CNC[C@H]3C2)[nH]1. The van der Waals surface area contributed by atoms with E-state index in [-0.39, 0.29) is 17.0 Å². The summed E-state index contributed by atoms with van der Waals surface area (Å²) in [6, 6.07) is 3.64. The zero-order valence-electron chi connectivity index (χ0n) is 14.6. The first kappa shape index (κ1) is 16.1. The maximum Gasteiger partial charge on any atom is 0.263 e. The van der Waals surface area contributed by atoms with Crippen molar-refractivity contribution in [2.45, 2.75) is 32.4 Å². The number of nitrogens with zero attached hydrogens (tertiary/aromatic N) is 3. The topological polar surface area (TPSA) is 83.0 Å². The van der Waals surface area contributed by atoms with Crippen molar-refractivity contribution in [1.29, 1.82) is 0 Å². The van der Waals surface area contributed by atoms with Gasteiger partial charge in [0.05, 0.1) is 6.54 Å². The van der Waals surface area contributed by atoms with E-state index in [1.807, 2.05) is 17.6 Å². The van der Waals surface area contributed by atoms with Gasteiger partial charge in [-0.05, 0) is 37.9 Å². The number of pyridine rings is 1. The molecule has 2 aromatic heterocycles. The minimum atomic E-state index is -0.261. The van der Waals surface area contributed by atoms with Crippen molar-refractivity contribution in [3.8, 4) is 0 Å². The molecule has 2 atom stereocenters. The number of hydrogen-bond acceptors (Lipinski definition) is 4. The number of H-pyrrole nitrogens is 1. The highest BCUT2D eigenvalue weighted by Crippen LogP contribution is 2.31. The minimum absolute atomic E-state index is 0.165. The molecule has 2 aliphatic rings. The largest absolute Gasteiger partial charge is 0.345 e. The van der Waals surface area contributed by atoms with Gasteiger partial charge in [0.15, 0.2) is 0 Å². The smallest absolute Gasteiger partial charge is 0.263 e. The Morgan fingerprint density at radius 2 is 2.24 bits per heavy atom. The van der Waals surface area contributed by atoms with E-state index >= 15 is 0 Å². The summed E-state index contributed by atoms with van der Waals surface area (Å²) < 4.78 is 1.82. The normalized spacial score (nSPS) is 21.7. The summed E-state index contributed by atoms with van der Waals surface area (Å²) in [7, 11) is 1.70. The van der Waals surface area contributed by atoms with Gasteiger partial charge in [0, 0.05) is 43.6 Å². The van der Waals surface area contributed by atoms with Gasteiger partial charge in [-0.2, -0.15) is 0 Å². The van der Waals surface area contributed by atoms with E-state index in [0.29, 0.717) is 30.7 Å². The van der Waals surface area contributed by atoms with Gasteiger partial charge in [0.2, 0.25) is 0 Å². The molecule has 2 aliphatic heterocycles. The molecule has 0 unspecified atom stereocenters. The van der Waals surface area contributed by atoms with Gasteiger partial charge in [0.1, 0.15) is 11.4 Å². The third-order valence-electron chi connectivity index (χ3n) is 5.23. The predicted molar refractivity (Wildman–Crippen MR) is 93.5 cm³/mol. The Morgan fingerprint density at radius 1 is 1.40 bits per heavy atom. The Kier molecular flexibility index (Phi) is 3.95. The predicted octanol–water partition coefficient (Wildman–Crippen LogP) is 0.859. The molecule has 7 heteroatoms. The lowest BCUT2D eigenvalue weighted by molar-refractivity contribution is 0.0778. The van der Waals surface area contributed by atoms with Gasteiger partial charge in [-0.15, -0.1) is 0 Å². The Morgan fingerprint density at radius 3 is 3.00 bits per heavy atom. The van der Waals surface area contributed by atoms with Gasteiger partial charge in [-0.25, -0.2) is 4.98 Å². The van der Waals surface area contributed by atoms with E-state index in [1.165, 1.54) is 4.90 Å². The fraction of sp³-hybridized carbons (Fsp3) is 0.500. The molecule has 0 aromatic carbocycles. The number of carbonyl (C=O) groups is 1. The van der Waals surface area contributed by atoms with Crippen LogP contribution in [0.3, 0.4) is 0 Å². The number of imidazole rings is 1. The van der Waals surface area contributed by atoms with Gasteiger partial charge in [0.25, 0.3) is 11.5 Å². The molecule has 1 amide bonds. The lowest BCUT2D eigenvalue weighted by Gasteiger charge is -2.37. The van der Waals surface area contributed by atoms with Crippen molar-refractivity contribution in [3.63, 3.8) is 0 Å². The number of hydrogen-bond donors (Lipinski definition) is 2. The molecule has 0 radical (unpaired) electrons. The Labute approximate surface area is 146 Å². The Bertz CT molecular complexity index is 869. The average Bonchev–Trinajstić information content (AvgIpc) is 3.00. The van der Waals surface area contributed by atoms with Gasteiger partial charge in [-0.3, -0.25) is 9.59 Å². The lowest BCUT2D eigenvalue weighted by Crippen LogP contribution is -2.46. The van der Waals surface area contributed by atoms with Crippen molar-refractivity contribution in [2.24, 2.45) is 5.92 Å². The van der Waals surface area contributed by atoms with Gasteiger partial charge in [-0.1, -0.05) is 0 Å². The van der Waals surface area contributed by atoms with E-state index in [0.717, 1.165) is 30.9 Å². The van der Waals surface area contributed by atoms with Crippen molar-refractivity contribution in [3.05, 3.63) is 51.5 Å². The summed E-state index contributed by atoms with van der Waals surface area (Å²) in [5, 5.41) is 3.43. The molecule has 1 fully saturated rings. The number of rotatable bonds is 3. The second-order valence-corrected chi connectivity index (χ2v) is 7.22. The minimum Gasteiger partial charge on any atom is -0.345 e. The standard InChI is InChI=1S/C18H23N5O2/c1-11-6-20-16(21-11)10-22(2)17(24)14-3-4-15-13-5-12(7-19-8-13)9-23(15)18(14)25/h3-4,6,12-13,19H,5,7-10H2,1-2H3,(H,20,21)/t12-,13+/m0/s1. The van der Waals surface area contributed by atoms with Crippen molar-refractivity contribution in [2.75, 3.05) is 20.1 Å². The highest BCUT2D eigenvalue weighted by molar-refractivity contribution is 5.93. The first-order chi connectivity index (χ1) is 12.0. The molecular formula is C18H23N5O2. The number of aromatic nitrogens is 3. The van der Waals surface area contributed by atoms with Crippen molar-refractivity contribution in [1.82, 2.24) is 24.8 Å². The number of aromatic amines is 1. The fourth-order valence-electron chi connectivity index (χ4n) is 4.00. The van der Waals surface area contributed by atoms with E-state index in [9.17, 15) is 9.59 Å². The van der Waals surface area contributed by atoms with Crippen molar-refractivity contribution < 1.29 is 4.79 Å². The average molecular weight is 341 g/mol. The summed E-state index contributed by atoms with van der Waals surface area (Å²) in [6.07, 6.45) is 2.85. The molecule has 0 aliphatic carbocycles. The number of fused-ring (bicyclic) bond motifs is 4. The third-order valence-corrected chi connectivity index (χ3v) is 5.23. The Balaban J connectivity index is 1.61. The number of aryl methyl sites for hydroxylation is 1. The second kappa shape index (κ2) is 6.15. The van der Waals surface area contributed by atoms with Gasteiger partial charge < -0.3 is 19.8 Å². The van der Waals surface area contributed by atoms with Crippen LogP contribution >= 0.6 is 0 Å². The monoisotopic (exact) mass is 341 g/mol. The lowest BCUT2D eigenvalue weighted by atomic mass is 9.84. The van der Waals surface area contributed by atoms with E-state index in [4.69, 9.17) is 0 Å². The number of carbonyl (C=O) groups excluding carboxylic acids is 1. The highest BCUT2D eigenvalue weighted by Gasteiger charge is 2.32. The molecule has 0 spiro atoms. The van der Waals surface area contributed by atoms with Gasteiger partial charge >= 0.3 is 0 Å². The molecule has 2 bridgehead atoms. The Hall–Kier alpha value is -2.41. The first-order valence-electron chi connectivity index (χ1n) is 8.73. The molecule has 4 heterocycles. The van der Waals surface area contributed by atoms with Crippen LogP contribution in [0.25, 0.3) is 0 Å². The quantitative estimate of drug-likeness (QED) is 0.867. The van der Waals surface area contributed by atoms with Crippen molar-refractivity contribution >= 4 is 5.91 Å². The van der Waals surface area contributed by atoms with Crippen LogP contribution in [-0.4, -0.2) is 45.5 Å². The van der Waals surface area contributed by atoms with Crippen LogP contribution in [0, 0.1) is 12.8 Å². The fourth-order valence-corrected chi connectivity index (χ4v) is 4.00. The molecular weight excluding hydrogens is 318 g/mol. The molecule has 0 saturated carbocycles. The van der Waals surface area contributed by atoms with Crippen LogP contribution in [0.4, 0.5) is 0 Å². The molecule has 1 saturated heterocycles. The maximum atomic E-state index is 12.9. The molecule has 7 nitrogen and oxygen atoms in total. The molecule has 132 valence electrons. The summed E-state index contributed by atoms with van der Waals surface area (Å²) in [5.74, 6) is 1.29. The van der Waals surface area contributed by atoms with Crippen LogP contribution < -0.4 is 10.9 Å². The number of piperidine rings is 1. The van der Waals surface area contributed by atoms with Crippen LogP contribution in [-0.2, 0) is 13.1 Å². The number of nitrogens with one attached hydrogen (secondary N) is 2. The molecule has 4 rings (SSSR count). The van der Waals surface area contributed by atoms with E-state index < -0.39 is 0 Å². The first-order valence-corrected chi connectivity index (χ1v) is 8.73. The number of amides is 1. The maximum absolute atomic E-state index is 12.9.